The molecule has 0 radical (unpaired) electrons. The Balaban J connectivity index is 2.90. The molecule has 6 heteroatoms. The van der Waals surface area contributed by atoms with E-state index in [1.807, 2.05) is 6.07 Å². The lowest BCUT2D eigenvalue weighted by Crippen LogP contribution is -2.14. The highest BCUT2D eigenvalue weighted by Gasteiger charge is 2.15. The lowest BCUT2D eigenvalue weighted by molar-refractivity contribution is 0.597. The molecule has 1 aromatic rings. The fourth-order valence-corrected chi connectivity index (χ4v) is 3.96. The summed E-state index contributed by atoms with van der Waals surface area (Å²) in [6, 6.07) is 7.75. The maximum atomic E-state index is 11.9. The third-order valence-corrected chi connectivity index (χ3v) is 5.50. The molecule has 0 bridgehead atoms. The van der Waals surface area contributed by atoms with Crippen LogP contribution in [0.15, 0.2) is 29.2 Å². The van der Waals surface area contributed by atoms with Crippen molar-refractivity contribution >= 4 is 20.6 Å². The van der Waals surface area contributed by atoms with Crippen LogP contribution >= 0.6 is 0 Å². The standard InChI is InChI=1S/C11H13NO3S2/c1-2-16(13)6-7-17(14,15)11-5-3-4-10(8-11)9-12/h3-5,8H,2,6-7H2,1H3. The van der Waals surface area contributed by atoms with E-state index in [9.17, 15) is 12.6 Å². The van der Waals surface area contributed by atoms with Crippen molar-refractivity contribution < 1.29 is 12.6 Å². The summed E-state index contributed by atoms with van der Waals surface area (Å²) in [7, 11) is -4.54. The minimum Gasteiger partial charge on any atom is -0.260 e. The predicted octanol–water partition coefficient (Wildman–Crippen LogP) is 1.10. The Hall–Kier alpha value is -1.19. The Morgan fingerprint density at radius 1 is 1.41 bits per heavy atom. The summed E-state index contributed by atoms with van der Waals surface area (Å²) >= 11 is 0. The van der Waals surface area contributed by atoms with Crippen LogP contribution < -0.4 is 0 Å². The van der Waals surface area contributed by atoms with Gasteiger partial charge in [-0.1, -0.05) is 13.0 Å². The van der Waals surface area contributed by atoms with Crippen LogP contribution in [0.4, 0.5) is 0 Å². The van der Waals surface area contributed by atoms with Gasteiger partial charge < -0.3 is 0 Å². The first-order valence-electron chi connectivity index (χ1n) is 5.07. The Bertz CT molecular complexity index is 558. The minimum atomic E-state index is -3.44. The highest BCUT2D eigenvalue weighted by atomic mass is 32.2. The van der Waals surface area contributed by atoms with Gasteiger partial charge in [0.25, 0.3) is 0 Å². The van der Waals surface area contributed by atoms with Crippen LogP contribution in [0.25, 0.3) is 0 Å². The molecule has 0 aliphatic carbocycles. The third-order valence-electron chi connectivity index (χ3n) is 2.22. The van der Waals surface area contributed by atoms with Gasteiger partial charge in [0.15, 0.2) is 9.84 Å². The fourth-order valence-electron chi connectivity index (χ4n) is 1.22. The molecule has 0 aliphatic rings. The molecule has 0 heterocycles. The maximum Gasteiger partial charge on any atom is 0.179 e. The zero-order valence-corrected chi connectivity index (χ0v) is 11.1. The van der Waals surface area contributed by atoms with E-state index in [1.165, 1.54) is 18.2 Å². The second kappa shape index (κ2) is 5.94. The van der Waals surface area contributed by atoms with E-state index >= 15 is 0 Å². The normalized spacial score (nSPS) is 12.9. The van der Waals surface area contributed by atoms with Crippen molar-refractivity contribution in [2.75, 3.05) is 17.3 Å². The summed E-state index contributed by atoms with van der Waals surface area (Å²) in [5.74, 6) is 0.436. The molecule has 1 atom stereocenters. The molecule has 92 valence electrons. The van der Waals surface area contributed by atoms with E-state index in [1.54, 1.807) is 13.0 Å². The zero-order chi connectivity index (χ0) is 12.9. The topological polar surface area (TPSA) is 75.0 Å². The van der Waals surface area contributed by atoms with Crippen molar-refractivity contribution in [2.45, 2.75) is 11.8 Å². The quantitative estimate of drug-likeness (QED) is 0.803. The Labute approximate surface area is 104 Å². The zero-order valence-electron chi connectivity index (χ0n) is 9.42. The molecule has 1 aromatic carbocycles. The molecule has 0 spiro atoms. The molecule has 0 aromatic heterocycles. The Kier molecular flexibility index (Phi) is 4.85. The lowest BCUT2D eigenvalue weighted by atomic mass is 10.2. The van der Waals surface area contributed by atoms with Crippen molar-refractivity contribution in [1.82, 2.24) is 0 Å². The highest BCUT2D eigenvalue weighted by Crippen LogP contribution is 2.13. The largest absolute Gasteiger partial charge is 0.260 e. The first-order valence-corrected chi connectivity index (χ1v) is 8.21. The van der Waals surface area contributed by atoms with E-state index < -0.39 is 20.6 Å². The average Bonchev–Trinajstić information content (AvgIpc) is 2.36. The van der Waals surface area contributed by atoms with Gasteiger partial charge in [-0.15, -0.1) is 0 Å². The molecule has 1 unspecified atom stereocenters. The predicted molar refractivity (Wildman–Crippen MR) is 66.8 cm³/mol. The van der Waals surface area contributed by atoms with Crippen LogP contribution in [0.3, 0.4) is 0 Å². The summed E-state index contributed by atoms with van der Waals surface area (Å²) in [6.45, 7) is 1.75. The van der Waals surface area contributed by atoms with Gasteiger partial charge in [0.1, 0.15) is 0 Å². The average molecular weight is 271 g/mol. The monoisotopic (exact) mass is 271 g/mol. The first kappa shape index (κ1) is 13.9. The van der Waals surface area contributed by atoms with Crippen LogP contribution in [0, 0.1) is 11.3 Å². The molecular formula is C11H13NO3S2. The summed E-state index contributed by atoms with van der Waals surface area (Å²) in [5.41, 5.74) is 0.308. The molecule has 0 aliphatic heterocycles. The maximum absolute atomic E-state index is 11.9. The lowest BCUT2D eigenvalue weighted by Gasteiger charge is -2.04. The van der Waals surface area contributed by atoms with E-state index in [4.69, 9.17) is 5.26 Å². The van der Waals surface area contributed by atoms with Crippen molar-refractivity contribution in [2.24, 2.45) is 0 Å². The molecule has 0 amide bonds. The van der Waals surface area contributed by atoms with Gasteiger partial charge >= 0.3 is 0 Å². The molecule has 0 saturated heterocycles. The van der Waals surface area contributed by atoms with E-state index in [0.717, 1.165) is 0 Å². The van der Waals surface area contributed by atoms with Crippen molar-refractivity contribution in [1.29, 1.82) is 5.26 Å². The molecule has 0 N–H and O–H groups in total. The number of nitriles is 1. The summed E-state index contributed by atoms with van der Waals surface area (Å²) < 4.78 is 35.0. The van der Waals surface area contributed by atoms with Gasteiger partial charge in [0.05, 0.1) is 22.3 Å². The molecule has 4 nitrogen and oxygen atoms in total. The summed E-state index contributed by atoms with van der Waals surface area (Å²) in [6.07, 6.45) is 0. The SMILES string of the molecule is CCS(=O)CCS(=O)(=O)c1cccc(C#N)c1. The van der Waals surface area contributed by atoms with Gasteiger partial charge in [0, 0.05) is 22.3 Å². The van der Waals surface area contributed by atoms with Gasteiger partial charge in [-0.25, -0.2) is 8.42 Å². The van der Waals surface area contributed by atoms with Crippen LogP contribution in [-0.2, 0) is 20.6 Å². The second-order valence-corrected chi connectivity index (χ2v) is 7.37. The van der Waals surface area contributed by atoms with Gasteiger partial charge in [-0.05, 0) is 18.2 Å². The number of hydrogen-bond acceptors (Lipinski definition) is 4. The van der Waals surface area contributed by atoms with Crippen molar-refractivity contribution in [3.05, 3.63) is 29.8 Å². The Morgan fingerprint density at radius 2 is 2.12 bits per heavy atom. The van der Waals surface area contributed by atoms with Crippen LogP contribution in [-0.4, -0.2) is 29.9 Å². The number of hydrogen-bond donors (Lipinski definition) is 0. The van der Waals surface area contributed by atoms with Crippen LogP contribution in [0.5, 0.6) is 0 Å². The smallest absolute Gasteiger partial charge is 0.179 e. The van der Waals surface area contributed by atoms with Gasteiger partial charge in [0.2, 0.25) is 0 Å². The number of sulfone groups is 1. The van der Waals surface area contributed by atoms with E-state index in [0.29, 0.717) is 11.3 Å². The van der Waals surface area contributed by atoms with E-state index in [2.05, 4.69) is 0 Å². The molecule has 1 rings (SSSR count). The fraction of sp³-hybridized carbons (Fsp3) is 0.364. The first-order chi connectivity index (χ1) is 7.99. The second-order valence-electron chi connectivity index (χ2n) is 3.39. The van der Waals surface area contributed by atoms with Crippen molar-refractivity contribution in [3.8, 4) is 6.07 Å². The minimum absolute atomic E-state index is 0.115. The molecule has 0 saturated carbocycles. The summed E-state index contributed by atoms with van der Waals surface area (Å²) in [5, 5.41) is 8.69. The molecule has 0 fully saturated rings. The summed E-state index contributed by atoms with van der Waals surface area (Å²) in [4.78, 5) is 0.115. The number of benzene rings is 1. The Morgan fingerprint density at radius 3 is 2.71 bits per heavy atom. The van der Waals surface area contributed by atoms with Crippen molar-refractivity contribution in [3.63, 3.8) is 0 Å². The third kappa shape index (κ3) is 3.95. The van der Waals surface area contributed by atoms with Gasteiger partial charge in [-0.3, -0.25) is 4.21 Å². The van der Waals surface area contributed by atoms with Gasteiger partial charge in [-0.2, -0.15) is 5.26 Å². The highest BCUT2D eigenvalue weighted by molar-refractivity contribution is 7.93. The molecule has 17 heavy (non-hydrogen) atoms. The number of rotatable bonds is 5. The van der Waals surface area contributed by atoms with Crippen LogP contribution in [0.2, 0.25) is 0 Å². The molecular weight excluding hydrogens is 258 g/mol. The van der Waals surface area contributed by atoms with E-state index in [-0.39, 0.29) is 16.4 Å². The number of nitrogens with zero attached hydrogens (tertiary/aromatic N) is 1. The van der Waals surface area contributed by atoms with Crippen LogP contribution in [0.1, 0.15) is 12.5 Å².